The van der Waals surface area contributed by atoms with Crippen molar-refractivity contribution in [3.05, 3.63) is 56.2 Å². The lowest BCUT2D eigenvalue weighted by atomic mass is 10.1. The summed E-state index contributed by atoms with van der Waals surface area (Å²) in [7, 11) is 0. The summed E-state index contributed by atoms with van der Waals surface area (Å²) < 4.78 is 0. The van der Waals surface area contributed by atoms with Crippen LogP contribution in [0.2, 0.25) is 5.02 Å². The third-order valence-electron chi connectivity index (χ3n) is 4.35. The van der Waals surface area contributed by atoms with Crippen molar-refractivity contribution >= 4 is 56.9 Å². The minimum Gasteiger partial charge on any atom is -0.312 e. The van der Waals surface area contributed by atoms with Gasteiger partial charge in [-0.05, 0) is 36.1 Å². The van der Waals surface area contributed by atoms with Gasteiger partial charge in [0.2, 0.25) is 11.0 Å². The maximum Gasteiger partial charge on any atom is 0.267 e. The van der Waals surface area contributed by atoms with Crippen LogP contribution in [0, 0.1) is 6.92 Å². The van der Waals surface area contributed by atoms with Crippen LogP contribution < -0.4 is 10.2 Å². The summed E-state index contributed by atoms with van der Waals surface area (Å²) in [6, 6.07) is 9.18. The molecule has 27 heavy (non-hydrogen) atoms. The summed E-state index contributed by atoms with van der Waals surface area (Å²) in [5.41, 5.74) is 1.76. The fraction of sp³-hybridized carbons (Fsp3) is 0.222. The second-order valence-corrected chi connectivity index (χ2v) is 8.58. The van der Waals surface area contributed by atoms with E-state index in [-0.39, 0.29) is 17.7 Å². The summed E-state index contributed by atoms with van der Waals surface area (Å²) in [6.45, 7) is 2.44. The van der Waals surface area contributed by atoms with Crippen LogP contribution in [0.25, 0.3) is 0 Å². The van der Waals surface area contributed by atoms with E-state index in [2.05, 4.69) is 15.5 Å². The number of amides is 2. The molecule has 0 bridgehead atoms. The zero-order valence-electron chi connectivity index (χ0n) is 14.3. The Bertz CT molecular complexity index is 1000. The van der Waals surface area contributed by atoms with Gasteiger partial charge in [0.25, 0.3) is 5.91 Å². The Labute approximate surface area is 168 Å². The number of rotatable bonds is 4. The molecule has 0 unspecified atom stereocenters. The molecule has 0 radical (unpaired) electrons. The molecule has 0 spiro atoms. The van der Waals surface area contributed by atoms with Gasteiger partial charge in [0.1, 0.15) is 5.01 Å². The molecular weight excluding hydrogens is 404 g/mol. The predicted octanol–water partition coefficient (Wildman–Crippen LogP) is 4.33. The molecule has 4 rings (SSSR count). The molecule has 138 valence electrons. The van der Waals surface area contributed by atoms with Crippen LogP contribution in [0.4, 0.5) is 10.8 Å². The number of carbonyl (C=O) groups excluding carboxylic acids is 2. The lowest BCUT2D eigenvalue weighted by molar-refractivity contribution is -0.117. The van der Waals surface area contributed by atoms with Gasteiger partial charge in [-0.15, -0.1) is 21.5 Å². The second-order valence-electron chi connectivity index (χ2n) is 6.22. The zero-order valence-corrected chi connectivity index (χ0v) is 16.7. The molecule has 9 heteroatoms. The van der Waals surface area contributed by atoms with E-state index in [4.69, 9.17) is 11.6 Å². The summed E-state index contributed by atoms with van der Waals surface area (Å²) in [5.74, 6) is -0.229. The molecule has 6 nitrogen and oxygen atoms in total. The van der Waals surface area contributed by atoms with Gasteiger partial charge >= 0.3 is 0 Å². The number of nitrogens with zero attached hydrogens (tertiary/aromatic N) is 3. The Morgan fingerprint density at radius 2 is 2.19 bits per heavy atom. The monoisotopic (exact) mass is 418 g/mol. The van der Waals surface area contributed by atoms with Crippen LogP contribution in [0.1, 0.15) is 32.6 Å². The van der Waals surface area contributed by atoms with Crippen molar-refractivity contribution in [2.24, 2.45) is 0 Å². The zero-order chi connectivity index (χ0) is 19.0. The summed E-state index contributed by atoms with van der Waals surface area (Å²) in [4.78, 5) is 26.9. The molecule has 2 amide bonds. The van der Waals surface area contributed by atoms with Crippen molar-refractivity contribution in [2.75, 3.05) is 16.8 Å². The first-order valence-electron chi connectivity index (χ1n) is 8.26. The molecule has 1 aromatic carbocycles. The highest BCUT2D eigenvalue weighted by Crippen LogP contribution is 2.35. The van der Waals surface area contributed by atoms with Gasteiger partial charge in [-0.3, -0.25) is 14.9 Å². The highest BCUT2D eigenvalue weighted by Gasteiger charge is 2.34. The molecule has 1 atom stereocenters. The van der Waals surface area contributed by atoms with E-state index < -0.39 is 0 Å². The number of hydrogen-bond acceptors (Lipinski definition) is 6. The largest absolute Gasteiger partial charge is 0.312 e. The summed E-state index contributed by atoms with van der Waals surface area (Å²) in [5, 5.41) is 14.6. The van der Waals surface area contributed by atoms with E-state index in [0.717, 1.165) is 16.3 Å². The van der Waals surface area contributed by atoms with Gasteiger partial charge in [-0.1, -0.05) is 35.1 Å². The molecule has 1 N–H and O–H groups in total. The Morgan fingerprint density at radius 3 is 2.93 bits per heavy atom. The van der Waals surface area contributed by atoms with Crippen LogP contribution in [-0.2, 0) is 4.79 Å². The molecule has 2 aromatic heterocycles. The minimum atomic E-state index is -0.203. The standard InChI is InChI=1S/C18H15ClN4O2S2/c1-10-4-5-12(8-13(10)19)23-9-11(7-15(23)24)17-21-22-18(27-17)20-16(25)14-3-2-6-26-14/h2-6,8,11H,7,9H2,1H3,(H,20,22,25)/t11-/m1/s1. The van der Waals surface area contributed by atoms with E-state index in [1.165, 1.54) is 22.7 Å². The predicted molar refractivity (Wildman–Crippen MR) is 108 cm³/mol. The number of aromatic nitrogens is 2. The van der Waals surface area contributed by atoms with Gasteiger partial charge < -0.3 is 4.90 Å². The average molecular weight is 419 g/mol. The molecule has 3 heterocycles. The number of thiophene rings is 1. The van der Waals surface area contributed by atoms with E-state index in [9.17, 15) is 9.59 Å². The van der Waals surface area contributed by atoms with Crippen molar-refractivity contribution in [1.82, 2.24) is 10.2 Å². The molecule has 3 aromatic rings. The van der Waals surface area contributed by atoms with Crippen molar-refractivity contribution in [1.29, 1.82) is 0 Å². The van der Waals surface area contributed by atoms with Crippen molar-refractivity contribution < 1.29 is 9.59 Å². The van der Waals surface area contributed by atoms with Crippen LogP contribution in [0.15, 0.2) is 35.7 Å². The first-order chi connectivity index (χ1) is 13.0. The molecule has 1 saturated heterocycles. The lowest BCUT2D eigenvalue weighted by Crippen LogP contribution is -2.24. The minimum absolute atomic E-state index is 0.0271. The third kappa shape index (κ3) is 3.73. The smallest absolute Gasteiger partial charge is 0.267 e. The van der Waals surface area contributed by atoms with E-state index >= 15 is 0 Å². The van der Waals surface area contributed by atoms with Crippen LogP contribution in [0.3, 0.4) is 0 Å². The van der Waals surface area contributed by atoms with E-state index in [0.29, 0.717) is 28.0 Å². The van der Waals surface area contributed by atoms with Gasteiger partial charge in [0, 0.05) is 29.6 Å². The molecule has 1 aliphatic heterocycles. The number of carbonyl (C=O) groups is 2. The quantitative estimate of drug-likeness (QED) is 0.684. The van der Waals surface area contributed by atoms with Crippen LogP contribution >= 0.6 is 34.3 Å². The average Bonchev–Trinajstić information content (AvgIpc) is 3.38. The third-order valence-corrected chi connectivity index (χ3v) is 6.62. The van der Waals surface area contributed by atoms with Crippen molar-refractivity contribution in [3.63, 3.8) is 0 Å². The highest BCUT2D eigenvalue weighted by atomic mass is 35.5. The Morgan fingerprint density at radius 1 is 1.33 bits per heavy atom. The molecule has 0 saturated carbocycles. The molecule has 1 fully saturated rings. The van der Waals surface area contributed by atoms with Gasteiger partial charge in [-0.25, -0.2) is 0 Å². The second kappa shape index (κ2) is 7.38. The Balaban J connectivity index is 1.47. The molecule has 1 aliphatic rings. The van der Waals surface area contributed by atoms with Crippen molar-refractivity contribution in [2.45, 2.75) is 19.3 Å². The molecule has 0 aliphatic carbocycles. The fourth-order valence-corrected chi connectivity index (χ4v) is 4.51. The summed E-state index contributed by atoms with van der Waals surface area (Å²) in [6.07, 6.45) is 0.360. The number of anilines is 2. The van der Waals surface area contributed by atoms with E-state index in [1.807, 2.05) is 36.6 Å². The number of benzene rings is 1. The maximum absolute atomic E-state index is 12.5. The normalized spacial score (nSPS) is 16.7. The Kier molecular flexibility index (Phi) is 4.94. The molecular formula is C18H15ClN4O2S2. The van der Waals surface area contributed by atoms with Gasteiger partial charge in [-0.2, -0.15) is 0 Å². The van der Waals surface area contributed by atoms with Crippen LogP contribution in [-0.4, -0.2) is 28.6 Å². The maximum atomic E-state index is 12.5. The van der Waals surface area contributed by atoms with Crippen molar-refractivity contribution in [3.8, 4) is 0 Å². The summed E-state index contributed by atoms with van der Waals surface area (Å²) >= 11 is 8.86. The SMILES string of the molecule is Cc1ccc(N2C[C@H](c3nnc(NC(=O)c4cccs4)s3)CC2=O)cc1Cl. The number of hydrogen-bond donors (Lipinski definition) is 1. The topological polar surface area (TPSA) is 75.2 Å². The highest BCUT2D eigenvalue weighted by molar-refractivity contribution is 7.15. The van der Waals surface area contributed by atoms with Crippen LogP contribution in [0.5, 0.6) is 0 Å². The van der Waals surface area contributed by atoms with Gasteiger partial charge in [0.15, 0.2) is 0 Å². The number of halogens is 1. The fourth-order valence-electron chi connectivity index (χ4n) is 2.89. The first kappa shape index (κ1) is 18.1. The number of aryl methyl sites for hydroxylation is 1. The van der Waals surface area contributed by atoms with E-state index in [1.54, 1.807) is 11.0 Å². The lowest BCUT2D eigenvalue weighted by Gasteiger charge is -2.17. The van der Waals surface area contributed by atoms with Gasteiger partial charge in [0.05, 0.1) is 4.88 Å². The number of nitrogens with one attached hydrogen (secondary N) is 1. The first-order valence-corrected chi connectivity index (χ1v) is 10.3. The Hall–Kier alpha value is -2.29.